The molecule has 3 aromatic rings. The van der Waals surface area contributed by atoms with E-state index in [1.165, 1.54) is 17.2 Å². The highest BCUT2D eigenvalue weighted by molar-refractivity contribution is 6.09. The maximum atomic E-state index is 12.6. The van der Waals surface area contributed by atoms with E-state index in [9.17, 15) is 10.1 Å². The standard InChI is InChI=1S/C28H28N2O3/c1-18-10-19(2)12-23(11-18)17-33-26-9-7-22(15-27(26)32-5)14-24(16-29)28(31)30-25-8-6-20(3)21(4)13-25/h6-15H,17H2,1-5H3,(H,30,31)/b24-14+. The molecule has 0 atom stereocenters. The molecule has 0 heterocycles. The quantitative estimate of drug-likeness (QED) is 0.358. The van der Waals surface area contributed by atoms with Gasteiger partial charge in [0.05, 0.1) is 7.11 Å². The van der Waals surface area contributed by atoms with Gasteiger partial charge in [0.15, 0.2) is 11.5 Å². The van der Waals surface area contributed by atoms with Gasteiger partial charge in [-0.05, 0) is 80.3 Å². The minimum Gasteiger partial charge on any atom is -0.493 e. The molecule has 0 spiro atoms. The van der Waals surface area contributed by atoms with Crippen LogP contribution in [0.15, 0.2) is 60.2 Å². The number of amides is 1. The van der Waals surface area contributed by atoms with Crippen LogP contribution in [0.2, 0.25) is 0 Å². The summed E-state index contributed by atoms with van der Waals surface area (Å²) in [6.45, 7) is 8.50. The summed E-state index contributed by atoms with van der Waals surface area (Å²) in [5.41, 5.74) is 6.96. The first-order valence-corrected chi connectivity index (χ1v) is 10.7. The average Bonchev–Trinajstić information content (AvgIpc) is 2.78. The van der Waals surface area contributed by atoms with Gasteiger partial charge in [-0.2, -0.15) is 5.26 Å². The van der Waals surface area contributed by atoms with E-state index in [0.717, 1.165) is 16.7 Å². The number of carbonyl (C=O) groups excluding carboxylic acids is 1. The van der Waals surface area contributed by atoms with Gasteiger partial charge in [-0.1, -0.05) is 41.5 Å². The number of rotatable bonds is 7. The predicted octanol–water partition coefficient (Wildman–Crippen LogP) is 6.05. The molecule has 5 heteroatoms. The van der Waals surface area contributed by atoms with Crippen LogP contribution in [0.4, 0.5) is 5.69 Å². The Morgan fingerprint density at radius 1 is 0.939 bits per heavy atom. The van der Waals surface area contributed by atoms with Gasteiger partial charge in [-0.25, -0.2) is 0 Å². The van der Waals surface area contributed by atoms with E-state index in [4.69, 9.17) is 9.47 Å². The summed E-state index contributed by atoms with van der Waals surface area (Å²) in [7, 11) is 1.56. The van der Waals surface area contributed by atoms with Crippen molar-refractivity contribution in [2.24, 2.45) is 0 Å². The van der Waals surface area contributed by atoms with Crippen LogP contribution in [0.25, 0.3) is 6.08 Å². The number of ether oxygens (including phenoxy) is 2. The highest BCUT2D eigenvalue weighted by Crippen LogP contribution is 2.30. The monoisotopic (exact) mass is 440 g/mol. The molecule has 0 aliphatic rings. The fraction of sp³-hybridized carbons (Fsp3) is 0.214. The second-order valence-electron chi connectivity index (χ2n) is 8.12. The first-order chi connectivity index (χ1) is 15.8. The molecule has 0 radical (unpaired) electrons. The molecule has 5 nitrogen and oxygen atoms in total. The first kappa shape index (κ1) is 23.6. The minimum absolute atomic E-state index is 0.000754. The number of nitriles is 1. The zero-order valence-corrected chi connectivity index (χ0v) is 19.7. The van der Waals surface area contributed by atoms with Crippen molar-refractivity contribution in [1.29, 1.82) is 5.26 Å². The molecular formula is C28H28N2O3. The van der Waals surface area contributed by atoms with Crippen LogP contribution in [0.5, 0.6) is 11.5 Å². The van der Waals surface area contributed by atoms with E-state index >= 15 is 0 Å². The number of methoxy groups -OCH3 is 1. The highest BCUT2D eigenvalue weighted by Gasteiger charge is 2.12. The summed E-state index contributed by atoms with van der Waals surface area (Å²) in [4.78, 5) is 12.6. The summed E-state index contributed by atoms with van der Waals surface area (Å²) >= 11 is 0. The zero-order chi connectivity index (χ0) is 24.0. The van der Waals surface area contributed by atoms with E-state index in [1.54, 1.807) is 25.3 Å². The number of carbonyl (C=O) groups is 1. The van der Waals surface area contributed by atoms with Crippen molar-refractivity contribution in [3.63, 3.8) is 0 Å². The van der Waals surface area contributed by atoms with Crippen molar-refractivity contribution in [3.8, 4) is 17.6 Å². The lowest BCUT2D eigenvalue weighted by molar-refractivity contribution is -0.112. The van der Waals surface area contributed by atoms with Crippen molar-refractivity contribution >= 4 is 17.7 Å². The van der Waals surface area contributed by atoms with Crippen LogP contribution in [0.1, 0.15) is 33.4 Å². The van der Waals surface area contributed by atoms with Gasteiger partial charge in [0.25, 0.3) is 5.91 Å². The third-order valence-electron chi connectivity index (χ3n) is 5.30. The van der Waals surface area contributed by atoms with Crippen LogP contribution >= 0.6 is 0 Å². The van der Waals surface area contributed by atoms with E-state index in [-0.39, 0.29) is 5.57 Å². The minimum atomic E-state index is -0.463. The molecule has 0 bridgehead atoms. The summed E-state index contributed by atoms with van der Waals surface area (Å²) in [6, 6.07) is 19.2. The summed E-state index contributed by atoms with van der Waals surface area (Å²) in [6.07, 6.45) is 1.53. The van der Waals surface area contributed by atoms with Gasteiger partial charge in [-0.15, -0.1) is 0 Å². The maximum absolute atomic E-state index is 12.6. The van der Waals surface area contributed by atoms with Gasteiger partial charge >= 0.3 is 0 Å². The molecule has 168 valence electrons. The van der Waals surface area contributed by atoms with Crippen LogP contribution < -0.4 is 14.8 Å². The van der Waals surface area contributed by atoms with Crippen molar-refractivity contribution in [2.75, 3.05) is 12.4 Å². The molecule has 0 aromatic heterocycles. The van der Waals surface area contributed by atoms with Crippen molar-refractivity contribution < 1.29 is 14.3 Å². The van der Waals surface area contributed by atoms with Gasteiger partial charge in [0.1, 0.15) is 18.2 Å². The molecule has 0 saturated carbocycles. The van der Waals surface area contributed by atoms with Gasteiger partial charge in [-0.3, -0.25) is 4.79 Å². The molecule has 33 heavy (non-hydrogen) atoms. The fourth-order valence-electron chi connectivity index (χ4n) is 3.54. The molecule has 0 saturated heterocycles. The molecule has 1 N–H and O–H groups in total. The Labute approximate surface area is 195 Å². The Balaban J connectivity index is 1.76. The Morgan fingerprint density at radius 3 is 2.30 bits per heavy atom. The Morgan fingerprint density at radius 2 is 1.67 bits per heavy atom. The number of hydrogen-bond acceptors (Lipinski definition) is 4. The average molecular weight is 441 g/mol. The molecule has 0 fully saturated rings. The van der Waals surface area contributed by atoms with E-state index in [2.05, 4.69) is 37.4 Å². The normalized spacial score (nSPS) is 11.0. The van der Waals surface area contributed by atoms with Crippen molar-refractivity contribution in [1.82, 2.24) is 0 Å². The van der Waals surface area contributed by atoms with E-state index in [0.29, 0.717) is 29.4 Å². The summed E-state index contributed by atoms with van der Waals surface area (Å²) in [5.74, 6) is 0.654. The molecular weight excluding hydrogens is 412 g/mol. The topological polar surface area (TPSA) is 71.3 Å². The zero-order valence-electron chi connectivity index (χ0n) is 19.7. The number of anilines is 1. The number of nitrogens with zero attached hydrogens (tertiary/aromatic N) is 1. The lowest BCUT2D eigenvalue weighted by Crippen LogP contribution is -2.13. The predicted molar refractivity (Wildman–Crippen MR) is 131 cm³/mol. The highest BCUT2D eigenvalue weighted by atomic mass is 16.5. The first-order valence-electron chi connectivity index (χ1n) is 10.7. The Kier molecular flexibility index (Phi) is 7.53. The lowest BCUT2D eigenvalue weighted by atomic mass is 10.1. The second-order valence-corrected chi connectivity index (χ2v) is 8.12. The molecule has 3 aromatic carbocycles. The Bertz CT molecular complexity index is 1230. The van der Waals surface area contributed by atoms with Crippen LogP contribution in [-0.2, 0) is 11.4 Å². The maximum Gasteiger partial charge on any atom is 0.266 e. The SMILES string of the molecule is COc1cc(/C=C(\C#N)C(=O)Nc2ccc(C)c(C)c2)ccc1OCc1cc(C)cc(C)c1. The summed E-state index contributed by atoms with van der Waals surface area (Å²) in [5, 5.41) is 12.3. The third kappa shape index (κ3) is 6.24. The molecule has 0 aliphatic carbocycles. The number of nitrogens with one attached hydrogen (secondary N) is 1. The third-order valence-corrected chi connectivity index (χ3v) is 5.30. The number of benzene rings is 3. The number of aryl methyl sites for hydroxylation is 4. The van der Waals surface area contributed by atoms with Crippen LogP contribution in [0.3, 0.4) is 0 Å². The lowest BCUT2D eigenvalue weighted by Gasteiger charge is -2.12. The molecule has 0 aliphatic heterocycles. The van der Waals surface area contributed by atoms with E-state index in [1.807, 2.05) is 38.1 Å². The van der Waals surface area contributed by atoms with Gasteiger partial charge in [0, 0.05) is 5.69 Å². The molecule has 1 amide bonds. The van der Waals surface area contributed by atoms with Crippen molar-refractivity contribution in [3.05, 3.63) is 93.6 Å². The van der Waals surface area contributed by atoms with Crippen LogP contribution in [0, 0.1) is 39.0 Å². The van der Waals surface area contributed by atoms with Gasteiger partial charge in [0.2, 0.25) is 0 Å². The Hall–Kier alpha value is -4.04. The van der Waals surface area contributed by atoms with Gasteiger partial charge < -0.3 is 14.8 Å². The smallest absolute Gasteiger partial charge is 0.266 e. The van der Waals surface area contributed by atoms with Crippen molar-refractivity contribution in [2.45, 2.75) is 34.3 Å². The largest absolute Gasteiger partial charge is 0.493 e. The van der Waals surface area contributed by atoms with E-state index < -0.39 is 5.91 Å². The number of hydrogen-bond donors (Lipinski definition) is 1. The van der Waals surface area contributed by atoms with Crippen LogP contribution in [-0.4, -0.2) is 13.0 Å². The molecule has 0 unspecified atom stereocenters. The fourth-order valence-corrected chi connectivity index (χ4v) is 3.54. The summed E-state index contributed by atoms with van der Waals surface area (Å²) < 4.78 is 11.4. The second kappa shape index (κ2) is 10.5. The molecule has 3 rings (SSSR count).